The second kappa shape index (κ2) is 8.57. The van der Waals surface area contributed by atoms with Crippen molar-refractivity contribution in [2.24, 2.45) is 5.92 Å². The maximum Gasteiger partial charge on any atom is 0.306 e. The number of carbonyl (C=O) groups is 2. The molecular weight excluding hydrogens is 310 g/mol. The van der Waals surface area contributed by atoms with E-state index in [0.29, 0.717) is 43.1 Å². The number of carbonyl (C=O) groups excluding carboxylic acids is 1. The lowest BCUT2D eigenvalue weighted by Gasteiger charge is -2.32. The summed E-state index contributed by atoms with van der Waals surface area (Å²) in [5, 5.41) is 11.7. The highest BCUT2D eigenvalue weighted by molar-refractivity contribution is 5.95. The molecule has 0 aliphatic heterocycles. The molecule has 0 saturated heterocycles. The molecule has 0 aromatic heterocycles. The van der Waals surface area contributed by atoms with Crippen molar-refractivity contribution in [1.29, 1.82) is 0 Å². The van der Waals surface area contributed by atoms with E-state index in [-0.39, 0.29) is 17.9 Å². The first-order valence-electron chi connectivity index (χ1n) is 8.48. The van der Waals surface area contributed by atoms with Crippen molar-refractivity contribution in [2.45, 2.75) is 45.6 Å². The average Bonchev–Trinajstić information content (AvgIpc) is 2.53. The summed E-state index contributed by atoms with van der Waals surface area (Å²) < 4.78 is 11.3. The van der Waals surface area contributed by atoms with Crippen molar-refractivity contribution in [3.63, 3.8) is 0 Å². The summed E-state index contributed by atoms with van der Waals surface area (Å²) >= 11 is 0. The highest BCUT2D eigenvalue weighted by Crippen LogP contribution is 2.30. The van der Waals surface area contributed by atoms with E-state index in [2.05, 4.69) is 5.32 Å². The van der Waals surface area contributed by atoms with Gasteiger partial charge >= 0.3 is 5.97 Å². The fraction of sp³-hybridized carbons (Fsp3) is 0.556. The van der Waals surface area contributed by atoms with Crippen LogP contribution in [0.25, 0.3) is 0 Å². The van der Waals surface area contributed by atoms with Crippen LogP contribution >= 0.6 is 0 Å². The molecule has 6 heteroatoms. The predicted molar refractivity (Wildman–Crippen MR) is 89.6 cm³/mol. The van der Waals surface area contributed by atoms with Crippen LogP contribution in [0.4, 0.5) is 0 Å². The standard InChI is InChI=1S/C18H25NO5/c1-3-7-23-15-6-5-12(11-16(15)24-8-4-2)17(20)19-14-9-13(10-14)18(21)22/h5-6,11,13-14H,3-4,7-10H2,1-2H3,(H,19,20)(H,21,22). The van der Waals surface area contributed by atoms with Crippen molar-refractivity contribution < 1.29 is 24.2 Å². The molecular formula is C18H25NO5. The lowest BCUT2D eigenvalue weighted by Crippen LogP contribution is -2.46. The van der Waals surface area contributed by atoms with Gasteiger partial charge < -0.3 is 19.9 Å². The monoisotopic (exact) mass is 335 g/mol. The smallest absolute Gasteiger partial charge is 0.306 e. The van der Waals surface area contributed by atoms with Gasteiger partial charge in [-0.1, -0.05) is 13.8 Å². The first-order chi connectivity index (χ1) is 11.5. The van der Waals surface area contributed by atoms with Gasteiger partial charge in [0.25, 0.3) is 5.91 Å². The summed E-state index contributed by atoms with van der Waals surface area (Å²) in [7, 11) is 0. The number of benzene rings is 1. The van der Waals surface area contributed by atoms with E-state index >= 15 is 0 Å². The highest BCUT2D eigenvalue weighted by Gasteiger charge is 2.35. The number of amides is 1. The van der Waals surface area contributed by atoms with Crippen LogP contribution in [0.2, 0.25) is 0 Å². The van der Waals surface area contributed by atoms with E-state index in [1.165, 1.54) is 0 Å². The molecule has 1 saturated carbocycles. The average molecular weight is 335 g/mol. The highest BCUT2D eigenvalue weighted by atomic mass is 16.5. The third-order valence-corrected chi connectivity index (χ3v) is 3.95. The van der Waals surface area contributed by atoms with Crippen molar-refractivity contribution in [3.05, 3.63) is 23.8 Å². The lowest BCUT2D eigenvalue weighted by atomic mass is 9.80. The van der Waals surface area contributed by atoms with Gasteiger partial charge in [0, 0.05) is 11.6 Å². The van der Waals surface area contributed by atoms with Crippen LogP contribution in [0.15, 0.2) is 18.2 Å². The summed E-state index contributed by atoms with van der Waals surface area (Å²) in [5.74, 6) is -0.157. The minimum absolute atomic E-state index is 0.0744. The van der Waals surface area contributed by atoms with Gasteiger partial charge in [0.05, 0.1) is 19.1 Å². The number of carboxylic acids is 1. The molecule has 1 aliphatic carbocycles. The van der Waals surface area contributed by atoms with Gasteiger partial charge in [-0.3, -0.25) is 9.59 Å². The van der Waals surface area contributed by atoms with E-state index in [4.69, 9.17) is 14.6 Å². The molecule has 0 heterocycles. The van der Waals surface area contributed by atoms with Gasteiger partial charge in [0.2, 0.25) is 0 Å². The van der Waals surface area contributed by atoms with E-state index in [0.717, 1.165) is 12.8 Å². The van der Waals surface area contributed by atoms with Crippen LogP contribution in [0, 0.1) is 5.92 Å². The van der Waals surface area contributed by atoms with Gasteiger partial charge in [-0.05, 0) is 43.9 Å². The quantitative estimate of drug-likeness (QED) is 0.725. The summed E-state index contributed by atoms with van der Waals surface area (Å²) in [5.41, 5.74) is 0.490. The number of aliphatic carboxylic acids is 1. The van der Waals surface area contributed by atoms with E-state index < -0.39 is 5.97 Å². The van der Waals surface area contributed by atoms with Crippen molar-refractivity contribution in [1.82, 2.24) is 5.32 Å². The van der Waals surface area contributed by atoms with Crippen LogP contribution in [-0.4, -0.2) is 36.2 Å². The van der Waals surface area contributed by atoms with Gasteiger partial charge in [-0.2, -0.15) is 0 Å². The topological polar surface area (TPSA) is 84.9 Å². The van der Waals surface area contributed by atoms with Gasteiger partial charge in [-0.25, -0.2) is 0 Å². The largest absolute Gasteiger partial charge is 0.490 e. The molecule has 0 spiro atoms. The molecule has 2 rings (SSSR count). The molecule has 2 N–H and O–H groups in total. The number of hydrogen-bond acceptors (Lipinski definition) is 4. The van der Waals surface area contributed by atoms with Gasteiger partial charge in [-0.15, -0.1) is 0 Å². The Morgan fingerprint density at radius 1 is 1.12 bits per heavy atom. The summed E-state index contributed by atoms with van der Waals surface area (Å²) in [6.07, 6.45) is 2.72. The number of rotatable bonds is 9. The zero-order chi connectivity index (χ0) is 17.5. The van der Waals surface area contributed by atoms with Gasteiger partial charge in [0.15, 0.2) is 11.5 Å². The Labute approximate surface area is 142 Å². The van der Waals surface area contributed by atoms with Crippen molar-refractivity contribution in [2.75, 3.05) is 13.2 Å². The second-order valence-corrected chi connectivity index (χ2v) is 6.04. The van der Waals surface area contributed by atoms with E-state index in [1.807, 2.05) is 13.8 Å². The Morgan fingerprint density at radius 3 is 2.33 bits per heavy atom. The number of carboxylic acid groups (broad SMARTS) is 1. The van der Waals surface area contributed by atoms with E-state index in [9.17, 15) is 9.59 Å². The molecule has 1 aliphatic rings. The first-order valence-corrected chi connectivity index (χ1v) is 8.48. The normalized spacial score (nSPS) is 19.2. The number of nitrogens with one attached hydrogen (secondary N) is 1. The van der Waals surface area contributed by atoms with Crippen LogP contribution in [0.1, 0.15) is 49.9 Å². The molecule has 0 bridgehead atoms. The first kappa shape index (κ1) is 18.1. The molecule has 0 radical (unpaired) electrons. The minimum Gasteiger partial charge on any atom is -0.490 e. The Bertz CT molecular complexity index is 581. The molecule has 6 nitrogen and oxygen atoms in total. The number of hydrogen-bond donors (Lipinski definition) is 2. The molecule has 1 aromatic rings. The molecule has 0 atom stereocenters. The Kier molecular flexibility index (Phi) is 6.46. The van der Waals surface area contributed by atoms with Crippen LogP contribution < -0.4 is 14.8 Å². The Morgan fingerprint density at radius 2 is 1.75 bits per heavy atom. The number of ether oxygens (including phenoxy) is 2. The molecule has 1 amide bonds. The zero-order valence-corrected chi connectivity index (χ0v) is 14.2. The van der Waals surface area contributed by atoms with Crippen LogP contribution in [0.3, 0.4) is 0 Å². The lowest BCUT2D eigenvalue weighted by molar-refractivity contribution is -0.145. The Hall–Kier alpha value is -2.24. The Balaban J connectivity index is 2.00. The molecule has 0 unspecified atom stereocenters. The van der Waals surface area contributed by atoms with E-state index in [1.54, 1.807) is 18.2 Å². The summed E-state index contributed by atoms with van der Waals surface area (Å²) in [6.45, 7) is 5.18. The maximum absolute atomic E-state index is 12.3. The van der Waals surface area contributed by atoms with Crippen molar-refractivity contribution >= 4 is 11.9 Å². The third-order valence-electron chi connectivity index (χ3n) is 3.95. The second-order valence-electron chi connectivity index (χ2n) is 6.04. The van der Waals surface area contributed by atoms with Crippen LogP contribution in [0.5, 0.6) is 11.5 Å². The molecule has 132 valence electrons. The predicted octanol–water partition coefficient (Wildman–Crippen LogP) is 2.86. The van der Waals surface area contributed by atoms with Crippen molar-refractivity contribution in [3.8, 4) is 11.5 Å². The van der Waals surface area contributed by atoms with Gasteiger partial charge in [0.1, 0.15) is 0 Å². The fourth-order valence-electron chi connectivity index (χ4n) is 2.51. The fourth-order valence-corrected chi connectivity index (χ4v) is 2.51. The summed E-state index contributed by atoms with van der Waals surface area (Å²) in [6, 6.07) is 5.06. The zero-order valence-electron chi connectivity index (χ0n) is 14.2. The maximum atomic E-state index is 12.3. The van der Waals surface area contributed by atoms with Crippen LogP contribution in [-0.2, 0) is 4.79 Å². The molecule has 1 aromatic carbocycles. The SMILES string of the molecule is CCCOc1ccc(C(=O)NC2CC(C(=O)O)C2)cc1OCCC. The minimum atomic E-state index is -0.798. The molecule has 1 fully saturated rings. The molecule has 24 heavy (non-hydrogen) atoms. The summed E-state index contributed by atoms with van der Waals surface area (Å²) in [4.78, 5) is 23.1. The third kappa shape index (κ3) is 4.63.